The molecule has 0 bridgehead atoms. The Bertz CT molecular complexity index is 503. The molecule has 1 aromatic heterocycles. The lowest BCUT2D eigenvalue weighted by atomic mass is 10.1. The highest BCUT2D eigenvalue weighted by atomic mass is 16.4. The van der Waals surface area contributed by atoms with Gasteiger partial charge in [-0.25, -0.2) is 4.98 Å². The van der Waals surface area contributed by atoms with Crippen LogP contribution in [0.5, 0.6) is 0 Å². The number of hydrogen-bond donors (Lipinski definition) is 2. The summed E-state index contributed by atoms with van der Waals surface area (Å²) in [6.07, 6.45) is 5.78. The van der Waals surface area contributed by atoms with E-state index < -0.39 is 5.97 Å². The molecule has 2 N–H and O–H groups in total. The molecule has 112 valence electrons. The van der Waals surface area contributed by atoms with Gasteiger partial charge >= 0.3 is 5.97 Å². The zero-order valence-corrected chi connectivity index (χ0v) is 12.3. The van der Waals surface area contributed by atoms with Crippen LogP contribution < -0.4 is 10.9 Å². The molecule has 6 nitrogen and oxygen atoms in total. The van der Waals surface area contributed by atoms with Gasteiger partial charge in [0.05, 0.1) is 0 Å². The minimum Gasteiger partial charge on any atom is -0.481 e. The van der Waals surface area contributed by atoms with E-state index in [1.54, 1.807) is 17.0 Å². The summed E-state index contributed by atoms with van der Waals surface area (Å²) in [6, 6.07) is 0. The molecule has 20 heavy (non-hydrogen) atoms. The Hall–Kier alpha value is -1.85. The first-order valence-electron chi connectivity index (χ1n) is 6.86. The van der Waals surface area contributed by atoms with Crippen LogP contribution in [0.25, 0.3) is 0 Å². The van der Waals surface area contributed by atoms with Gasteiger partial charge in [-0.2, -0.15) is 0 Å². The maximum atomic E-state index is 12.2. The first kappa shape index (κ1) is 16.2. The first-order valence-corrected chi connectivity index (χ1v) is 6.86. The highest BCUT2D eigenvalue weighted by Gasteiger charge is 2.16. The molecular formula is C14H23N3O3. The zero-order valence-electron chi connectivity index (χ0n) is 12.3. The Labute approximate surface area is 118 Å². The summed E-state index contributed by atoms with van der Waals surface area (Å²) in [5, 5.41) is 11.5. The quantitative estimate of drug-likeness (QED) is 0.747. The van der Waals surface area contributed by atoms with E-state index >= 15 is 0 Å². The Morgan fingerprint density at radius 1 is 1.35 bits per heavy atom. The molecule has 0 spiro atoms. The second-order valence-electron chi connectivity index (χ2n) is 5.75. The Balaban J connectivity index is 2.49. The Morgan fingerprint density at radius 2 is 2.05 bits per heavy atom. The lowest BCUT2D eigenvalue weighted by Crippen LogP contribution is -2.35. The summed E-state index contributed by atoms with van der Waals surface area (Å²) in [4.78, 5) is 26.6. The number of rotatable bonds is 7. The summed E-state index contributed by atoms with van der Waals surface area (Å²) in [6.45, 7) is 6.51. The van der Waals surface area contributed by atoms with E-state index in [1.165, 1.54) is 0 Å². The molecule has 1 rings (SSSR count). The van der Waals surface area contributed by atoms with E-state index in [-0.39, 0.29) is 17.5 Å². The van der Waals surface area contributed by atoms with E-state index in [0.29, 0.717) is 18.8 Å². The number of carboxylic acids is 1. The van der Waals surface area contributed by atoms with Crippen molar-refractivity contribution in [2.24, 2.45) is 0 Å². The van der Waals surface area contributed by atoms with Crippen LogP contribution in [0.4, 0.5) is 5.82 Å². The Morgan fingerprint density at radius 3 is 2.65 bits per heavy atom. The second-order valence-corrected chi connectivity index (χ2v) is 5.75. The van der Waals surface area contributed by atoms with Crippen molar-refractivity contribution in [2.45, 2.75) is 52.0 Å². The molecule has 0 saturated heterocycles. The highest BCUT2D eigenvalue weighted by Crippen LogP contribution is 2.10. The second kappa shape index (κ2) is 7.07. The van der Waals surface area contributed by atoms with Crippen molar-refractivity contribution in [2.75, 3.05) is 11.9 Å². The number of carboxylic acid groups (broad SMARTS) is 1. The summed E-state index contributed by atoms with van der Waals surface area (Å²) >= 11 is 0. The molecule has 0 radical (unpaired) electrons. The highest BCUT2D eigenvalue weighted by molar-refractivity contribution is 5.66. The third kappa shape index (κ3) is 5.03. The number of nitrogens with one attached hydrogen (secondary N) is 1. The van der Waals surface area contributed by atoms with Crippen LogP contribution in [0.1, 0.15) is 46.5 Å². The normalized spacial score (nSPS) is 11.3. The molecule has 0 aliphatic rings. The first-order chi connectivity index (χ1) is 9.32. The predicted molar refractivity (Wildman–Crippen MR) is 78.1 cm³/mol. The fourth-order valence-corrected chi connectivity index (χ4v) is 1.85. The largest absolute Gasteiger partial charge is 0.481 e. The van der Waals surface area contributed by atoms with Crippen molar-refractivity contribution < 1.29 is 9.90 Å². The molecular weight excluding hydrogens is 258 g/mol. The average Bonchev–Trinajstić information content (AvgIpc) is 2.33. The summed E-state index contributed by atoms with van der Waals surface area (Å²) in [5.74, 6) is -0.420. The third-order valence-corrected chi connectivity index (χ3v) is 2.92. The minimum absolute atomic E-state index is 0.134. The fraction of sp³-hybridized carbons (Fsp3) is 0.643. The predicted octanol–water partition coefficient (Wildman–Crippen LogP) is 2.06. The van der Waals surface area contributed by atoms with Gasteiger partial charge in [-0.05, 0) is 33.6 Å². The van der Waals surface area contributed by atoms with Crippen molar-refractivity contribution in [3.8, 4) is 0 Å². The summed E-state index contributed by atoms with van der Waals surface area (Å²) in [5.41, 5.74) is -0.414. The molecule has 0 saturated carbocycles. The van der Waals surface area contributed by atoms with E-state index in [2.05, 4.69) is 10.3 Å². The van der Waals surface area contributed by atoms with Crippen LogP contribution in [-0.4, -0.2) is 27.2 Å². The smallest absolute Gasteiger partial charge is 0.303 e. The van der Waals surface area contributed by atoms with Gasteiger partial charge in [0.1, 0.15) is 0 Å². The van der Waals surface area contributed by atoms with Gasteiger partial charge in [0.15, 0.2) is 5.82 Å². The lowest BCUT2D eigenvalue weighted by Gasteiger charge is -2.22. The van der Waals surface area contributed by atoms with Crippen LogP contribution in [0, 0.1) is 0 Å². The van der Waals surface area contributed by atoms with Gasteiger partial charge in [-0.15, -0.1) is 0 Å². The molecule has 0 aromatic carbocycles. The van der Waals surface area contributed by atoms with Crippen molar-refractivity contribution >= 4 is 11.8 Å². The van der Waals surface area contributed by atoms with Gasteiger partial charge in [0, 0.05) is 30.9 Å². The van der Waals surface area contributed by atoms with Gasteiger partial charge in [-0.1, -0.05) is 6.42 Å². The summed E-state index contributed by atoms with van der Waals surface area (Å²) < 4.78 is 1.65. The monoisotopic (exact) mass is 281 g/mol. The SMILES string of the molecule is CC(C)(C)n1ccnc(NCCCCCC(=O)O)c1=O. The fourth-order valence-electron chi connectivity index (χ4n) is 1.85. The molecule has 0 fully saturated rings. The van der Waals surface area contributed by atoms with Crippen LogP contribution in [-0.2, 0) is 10.3 Å². The van der Waals surface area contributed by atoms with E-state index in [9.17, 15) is 9.59 Å². The van der Waals surface area contributed by atoms with E-state index in [0.717, 1.165) is 12.8 Å². The molecule has 1 aromatic rings. The maximum Gasteiger partial charge on any atom is 0.303 e. The minimum atomic E-state index is -0.768. The van der Waals surface area contributed by atoms with Crippen molar-refractivity contribution in [3.63, 3.8) is 0 Å². The number of carbonyl (C=O) groups is 1. The molecule has 0 aliphatic carbocycles. The zero-order chi connectivity index (χ0) is 15.2. The number of nitrogens with zero attached hydrogens (tertiary/aromatic N) is 2. The van der Waals surface area contributed by atoms with Crippen LogP contribution in [0.2, 0.25) is 0 Å². The number of anilines is 1. The lowest BCUT2D eigenvalue weighted by molar-refractivity contribution is -0.137. The molecule has 0 atom stereocenters. The number of aliphatic carboxylic acids is 1. The maximum absolute atomic E-state index is 12.2. The Kier molecular flexibility index (Phi) is 5.73. The van der Waals surface area contributed by atoms with Crippen molar-refractivity contribution in [1.82, 2.24) is 9.55 Å². The average molecular weight is 281 g/mol. The van der Waals surface area contributed by atoms with Crippen LogP contribution >= 0.6 is 0 Å². The van der Waals surface area contributed by atoms with E-state index in [4.69, 9.17) is 5.11 Å². The number of hydrogen-bond acceptors (Lipinski definition) is 4. The topological polar surface area (TPSA) is 84.2 Å². The third-order valence-electron chi connectivity index (χ3n) is 2.92. The standard InChI is InChI=1S/C14H23N3O3/c1-14(2,3)17-10-9-16-12(13(17)20)15-8-6-4-5-7-11(18)19/h9-10H,4-8H2,1-3H3,(H,15,16)(H,18,19). The van der Waals surface area contributed by atoms with Gasteiger partial charge in [0.25, 0.3) is 5.56 Å². The molecule has 0 unspecified atom stereocenters. The molecule has 6 heteroatoms. The van der Waals surface area contributed by atoms with Gasteiger partial charge < -0.3 is 15.0 Å². The van der Waals surface area contributed by atoms with Crippen molar-refractivity contribution in [3.05, 3.63) is 22.7 Å². The van der Waals surface area contributed by atoms with Gasteiger partial charge in [-0.3, -0.25) is 9.59 Å². The van der Waals surface area contributed by atoms with Crippen molar-refractivity contribution in [1.29, 1.82) is 0 Å². The van der Waals surface area contributed by atoms with Gasteiger partial charge in [0.2, 0.25) is 0 Å². The number of aromatic nitrogens is 2. The molecule has 1 heterocycles. The van der Waals surface area contributed by atoms with Crippen LogP contribution in [0.3, 0.4) is 0 Å². The number of unbranched alkanes of at least 4 members (excludes halogenated alkanes) is 2. The van der Waals surface area contributed by atoms with E-state index in [1.807, 2.05) is 20.8 Å². The van der Waals surface area contributed by atoms with Crippen LogP contribution in [0.15, 0.2) is 17.2 Å². The molecule has 0 amide bonds. The molecule has 0 aliphatic heterocycles. The summed E-state index contributed by atoms with van der Waals surface area (Å²) in [7, 11) is 0.